The summed E-state index contributed by atoms with van der Waals surface area (Å²) in [5.74, 6) is 0. The van der Waals surface area contributed by atoms with E-state index >= 15 is 0 Å². The van der Waals surface area contributed by atoms with Crippen molar-refractivity contribution < 1.29 is 8.42 Å². The molecule has 0 aromatic carbocycles. The molecule has 0 spiro atoms. The number of rotatable bonds is 5. The molecule has 124 valence electrons. The zero-order chi connectivity index (χ0) is 15.8. The fraction of sp³-hybridized carbons (Fsp3) is 0.714. The van der Waals surface area contributed by atoms with Gasteiger partial charge in [-0.1, -0.05) is 34.6 Å². The zero-order valence-corrected chi connectivity index (χ0v) is 16.1. The van der Waals surface area contributed by atoms with Gasteiger partial charge in [-0.2, -0.15) is 4.31 Å². The Morgan fingerprint density at radius 2 is 1.71 bits per heavy atom. The van der Waals surface area contributed by atoms with Crippen molar-refractivity contribution in [1.29, 1.82) is 0 Å². The molecule has 0 atom stereocenters. The monoisotopic (exact) mass is 354 g/mol. The maximum atomic E-state index is 12.6. The first-order chi connectivity index (χ1) is 8.90. The topological polar surface area (TPSA) is 63.4 Å². The lowest BCUT2D eigenvalue weighted by molar-refractivity contribution is 0.292. The Morgan fingerprint density at radius 1 is 1.19 bits per heavy atom. The van der Waals surface area contributed by atoms with E-state index in [2.05, 4.69) is 20.8 Å². The van der Waals surface area contributed by atoms with Crippen LogP contribution in [-0.4, -0.2) is 32.9 Å². The number of nitrogens with two attached hydrogens (primary N) is 1. The van der Waals surface area contributed by atoms with Gasteiger partial charge in [0.15, 0.2) is 0 Å². The largest absolute Gasteiger partial charge is 0.330 e. The smallest absolute Gasteiger partial charge is 0.252 e. The lowest BCUT2D eigenvalue weighted by Crippen LogP contribution is -2.39. The summed E-state index contributed by atoms with van der Waals surface area (Å²) >= 11 is 1.35. The molecule has 4 nitrogen and oxygen atoms in total. The Morgan fingerprint density at radius 3 is 2.10 bits per heavy atom. The van der Waals surface area contributed by atoms with E-state index in [-0.39, 0.29) is 23.2 Å². The van der Waals surface area contributed by atoms with Crippen molar-refractivity contribution in [2.75, 3.05) is 20.1 Å². The SMILES string of the molecule is CN(CC(C)(C)CN)S(=O)(=O)c1ccc(C(C)(C)C)s1.Cl. The highest BCUT2D eigenvalue weighted by atomic mass is 35.5. The summed E-state index contributed by atoms with van der Waals surface area (Å²) in [5, 5.41) is 0. The minimum Gasteiger partial charge on any atom is -0.330 e. The molecular formula is C14H27ClN2O2S2. The Hall–Kier alpha value is -0.140. The van der Waals surface area contributed by atoms with E-state index in [0.717, 1.165) is 4.88 Å². The van der Waals surface area contributed by atoms with Gasteiger partial charge in [0.1, 0.15) is 4.21 Å². The highest BCUT2D eigenvalue weighted by molar-refractivity contribution is 7.91. The molecule has 21 heavy (non-hydrogen) atoms. The lowest BCUT2D eigenvalue weighted by Gasteiger charge is -2.28. The van der Waals surface area contributed by atoms with Gasteiger partial charge in [-0.15, -0.1) is 23.7 Å². The molecule has 0 unspecified atom stereocenters. The van der Waals surface area contributed by atoms with E-state index in [0.29, 0.717) is 17.3 Å². The highest BCUT2D eigenvalue weighted by Crippen LogP contribution is 2.33. The zero-order valence-electron chi connectivity index (χ0n) is 13.6. The molecule has 0 fully saturated rings. The maximum Gasteiger partial charge on any atom is 0.252 e. The third-order valence-electron chi connectivity index (χ3n) is 3.19. The number of sulfonamides is 1. The molecule has 0 aliphatic rings. The second-order valence-electron chi connectivity index (χ2n) is 7.00. The first kappa shape index (κ1) is 20.9. The van der Waals surface area contributed by atoms with Crippen molar-refractivity contribution in [3.05, 3.63) is 17.0 Å². The van der Waals surface area contributed by atoms with Crippen LogP contribution >= 0.6 is 23.7 Å². The molecule has 0 amide bonds. The summed E-state index contributed by atoms with van der Waals surface area (Å²) in [4.78, 5) is 1.07. The lowest BCUT2D eigenvalue weighted by atomic mass is 9.94. The van der Waals surface area contributed by atoms with Crippen LogP contribution in [0.2, 0.25) is 0 Å². The van der Waals surface area contributed by atoms with Crippen molar-refractivity contribution >= 4 is 33.8 Å². The van der Waals surface area contributed by atoms with E-state index in [1.165, 1.54) is 15.6 Å². The second-order valence-corrected chi connectivity index (χ2v) is 10.4. The number of thiophene rings is 1. The van der Waals surface area contributed by atoms with E-state index in [1.54, 1.807) is 13.1 Å². The van der Waals surface area contributed by atoms with Crippen LogP contribution in [0.3, 0.4) is 0 Å². The van der Waals surface area contributed by atoms with Crippen molar-refractivity contribution in [3.63, 3.8) is 0 Å². The molecule has 1 aromatic rings. The molecule has 0 saturated carbocycles. The molecule has 7 heteroatoms. The van der Waals surface area contributed by atoms with Gasteiger partial charge in [-0.3, -0.25) is 0 Å². The molecule has 0 radical (unpaired) electrons. The molecule has 0 aliphatic heterocycles. The number of halogens is 1. The quantitative estimate of drug-likeness (QED) is 0.883. The van der Waals surface area contributed by atoms with E-state index in [1.807, 2.05) is 19.9 Å². The van der Waals surface area contributed by atoms with Crippen molar-refractivity contribution in [1.82, 2.24) is 4.31 Å². The van der Waals surface area contributed by atoms with Crippen LogP contribution in [-0.2, 0) is 15.4 Å². The van der Waals surface area contributed by atoms with Crippen molar-refractivity contribution in [2.24, 2.45) is 11.1 Å². The molecule has 1 heterocycles. The van der Waals surface area contributed by atoms with Crippen LogP contribution in [0.15, 0.2) is 16.3 Å². The van der Waals surface area contributed by atoms with Crippen LogP contribution in [0.25, 0.3) is 0 Å². The van der Waals surface area contributed by atoms with Crippen LogP contribution in [0.5, 0.6) is 0 Å². The molecule has 0 saturated heterocycles. The molecule has 2 N–H and O–H groups in total. The standard InChI is InChI=1S/C14H26N2O2S2.ClH/c1-13(2,3)11-7-8-12(19-11)20(17,18)16(6)10-14(4,5)9-15;/h7-8H,9-10,15H2,1-6H3;1H. The average molecular weight is 355 g/mol. The summed E-state index contributed by atoms with van der Waals surface area (Å²) in [6, 6.07) is 3.60. The predicted octanol–water partition coefficient (Wildman–Crippen LogP) is 3.07. The summed E-state index contributed by atoms with van der Waals surface area (Å²) in [5.41, 5.74) is 5.41. The summed E-state index contributed by atoms with van der Waals surface area (Å²) < 4.78 is 26.9. The Labute approximate surface area is 139 Å². The molecule has 1 rings (SSSR count). The third kappa shape index (κ3) is 5.21. The van der Waals surface area contributed by atoms with Gasteiger partial charge >= 0.3 is 0 Å². The third-order valence-corrected chi connectivity index (χ3v) is 6.97. The maximum absolute atomic E-state index is 12.6. The second kappa shape index (κ2) is 6.96. The van der Waals surface area contributed by atoms with Gasteiger partial charge in [-0.05, 0) is 29.5 Å². The van der Waals surface area contributed by atoms with Gasteiger partial charge in [-0.25, -0.2) is 8.42 Å². The van der Waals surface area contributed by atoms with Crippen LogP contribution in [0.1, 0.15) is 39.5 Å². The van der Waals surface area contributed by atoms with Crippen molar-refractivity contribution in [3.8, 4) is 0 Å². The van der Waals surface area contributed by atoms with Gasteiger partial charge in [0.05, 0.1) is 0 Å². The Bertz CT molecular complexity index is 560. The van der Waals surface area contributed by atoms with Crippen LogP contribution in [0, 0.1) is 5.41 Å². The fourth-order valence-electron chi connectivity index (χ4n) is 1.77. The summed E-state index contributed by atoms with van der Waals surface area (Å²) in [6.45, 7) is 11.0. The Balaban J connectivity index is 0.00000400. The number of hydrogen-bond acceptors (Lipinski definition) is 4. The highest BCUT2D eigenvalue weighted by Gasteiger charge is 2.29. The van der Waals surface area contributed by atoms with Gasteiger partial charge in [0.2, 0.25) is 0 Å². The van der Waals surface area contributed by atoms with Gasteiger partial charge < -0.3 is 5.73 Å². The van der Waals surface area contributed by atoms with E-state index in [4.69, 9.17) is 5.73 Å². The molecule has 0 bridgehead atoms. The minimum atomic E-state index is -3.43. The van der Waals surface area contributed by atoms with Crippen LogP contribution in [0.4, 0.5) is 0 Å². The number of nitrogens with zero attached hydrogens (tertiary/aromatic N) is 1. The first-order valence-electron chi connectivity index (χ1n) is 6.67. The summed E-state index contributed by atoms with van der Waals surface area (Å²) in [6.07, 6.45) is 0. The fourth-order valence-corrected chi connectivity index (χ4v) is 4.70. The average Bonchev–Trinajstić information content (AvgIpc) is 2.77. The first-order valence-corrected chi connectivity index (χ1v) is 8.92. The molecule has 1 aromatic heterocycles. The normalized spacial score (nSPS) is 13.3. The number of hydrogen-bond donors (Lipinski definition) is 1. The van der Waals surface area contributed by atoms with E-state index in [9.17, 15) is 8.42 Å². The van der Waals surface area contributed by atoms with E-state index < -0.39 is 10.0 Å². The Kier molecular flexibility index (Phi) is 6.91. The van der Waals surface area contributed by atoms with Gasteiger partial charge in [0, 0.05) is 18.5 Å². The minimum absolute atomic E-state index is 0. The summed E-state index contributed by atoms with van der Waals surface area (Å²) in [7, 11) is -1.81. The van der Waals surface area contributed by atoms with Crippen molar-refractivity contribution in [2.45, 2.75) is 44.2 Å². The van der Waals surface area contributed by atoms with Gasteiger partial charge in [0.25, 0.3) is 10.0 Å². The predicted molar refractivity (Wildman–Crippen MR) is 92.9 cm³/mol. The molecule has 0 aliphatic carbocycles. The van der Waals surface area contributed by atoms with Crippen LogP contribution < -0.4 is 5.73 Å². The molecular weight excluding hydrogens is 328 g/mol.